The summed E-state index contributed by atoms with van der Waals surface area (Å²) in [4.78, 5) is 43.3. The number of aliphatic hydroxyl groups excluding tert-OH is 1. The van der Waals surface area contributed by atoms with Crippen molar-refractivity contribution in [3.63, 3.8) is 0 Å². The summed E-state index contributed by atoms with van der Waals surface area (Å²) < 4.78 is 27.9. The van der Waals surface area contributed by atoms with Gasteiger partial charge in [0, 0.05) is 43.7 Å². The van der Waals surface area contributed by atoms with Gasteiger partial charge >= 0.3 is 0 Å². The van der Waals surface area contributed by atoms with Crippen molar-refractivity contribution in [1.82, 2.24) is 25.0 Å². The van der Waals surface area contributed by atoms with Crippen molar-refractivity contribution in [3.05, 3.63) is 35.3 Å². The van der Waals surface area contributed by atoms with Gasteiger partial charge in [-0.25, -0.2) is 4.39 Å². The molecule has 12 heteroatoms. The lowest BCUT2D eigenvalue weighted by molar-refractivity contribution is -0.140. The third kappa shape index (κ3) is 8.15. The van der Waals surface area contributed by atoms with Gasteiger partial charge in [-0.05, 0) is 57.9 Å². The van der Waals surface area contributed by atoms with Crippen LogP contribution in [0.2, 0.25) is 0 Å². The molecule has 3 amide bonds. The van der Waals surface area contributed by atoms with Crippen LogP contribution < -0.4 is 10.6 Å². The van der Waals surface area contributed by atoms with Gasteiger partial charge in [0.05, 0.1) is 50.3 Å². The first kappa shape index (κ1) is 33.8. The molecule has 1 saturated heterocycles. The minimum atomic E-state index is -0.566. The van der Waals surface area contributed by atoms with Gasteiger partial charge in [-0.15, -0.1) is 0 Å². The van der Waals surface area contributed by atoms with E-state index < -0.39 is 12.1 Å². The van der Waals surface area contributed by atoms with E-state index in [9.17, 15) is 14.4 Å². The van der Waals surface area contributed by atoms with Gasteiger partial charge in [-0.3, -0.25) is 14.4 Å². The molecule has 11 nitrogen and oxygen atoms in total. The summed E-state index contributed by atoms with van der Waals surface area (Å²) in [5.74, 6) is -0.718. The first-order chi connectivity index (χ1) is 21.3. The molecular weight excluding hydrogens is 569 g/mol. The summed E-state index contributed by atoms with van der Waals surface area (Å²) in [5.41, 5.74) is 1.56. The molecule has 0 radical (unpaired) electrons. The highest BCUT2D eigenvalue weighted by Crippen LogP contribution is 2.29. The summed E-state index contributed by atoms with van der Waals surface area (Å²) in [7, 11) is 1.72. The van der Waals surface area contributed by atoms with Crippen LogP contribution in [0.1, 0.15) is 55.1 Å². The van der Waals surface area contributed by atoms with E-state index in [-0.39, 0.29) is 42.7 Å². The number of halogens is 1. The second-order valence-corrected chi connectivity index (χ2v) is 11.7. The summed E-state index contributed by atoms with van der Waals surface area (Å²) >= 11 is 0. The zero-order valence-electron chi connectivity index (χ0n) is 26.3. The molecule has 44 heavy (non-hydrogen) atoms. The molecule has 0 bridgehead atoms. The first-order valence-electron chi connectivity index (χ1n) is 15.9. The van der Waals surface area contributed by atoms with Crippen molar-refractivity contribution in [2.24, 2.45) is 5.92 Å². The number of piperazine rings is 1. The number of carbonyl (C=O) groups excluding carboxylic acids is 3. The zero-order valence-corrected chi connectivity index (χ0v) is 26.3. The molecular formula is C32H48FN5O6. The van der Waals surface area contributed by atoms with Crippen molar-refractivity contribution < 1.29 is 33.4 Å². The molecule has 1 aromatic carbocycles. The standard InChI is InChI=1S/C32H48FN5O6/c1-22(34-3)30(40)35-29(24-7-5-4-6-8-24)32(42)37-13-11-36(12-14-37)31(41)25-9-10-27-26(21-25)28(33)23(2)38(27)15-17-43-19-20-44-18-16-39/h9-10,21-22,24,29,34,39H,4-8,11-20H2,1-3H3,(H,35,40)/t22-,29-/m0/s1. The smallest absolute Gasteiger partial charge is 0.253 e. The second kappa shape index (κ2) is 16.3. The minimum absolute atomic E-state index is 0.0349. The van der Waals surface area contributed by atoms with Crippen molar-refractivity contribution in [2.45, 2.75) is 64.6 Å². The highest BCUT2D eigenvalue weighted by atomic mass is 19.1. The molecule has 2 aliphatic rings. The Morgan fingerprint density at radius 1 is 1.00 bits per heavy atom. The van der Waals surface area contributed by atoms with E-state index in [2.05, 4.69) is 10.6 Å². The number of aliphatic hydroxyl groups is 1. The van der Waals surface area contributed by atoms with E-state index in [1.165, 1.54) is 0 Å². The van der Waals surface area contributed by atoms with Crippen molar-refractivity contribution in [3.8, 4) is 0 Å². The van der Waals surface area contributed by atoms with Gasteiger partial charge in [-0.1, -0.05) is 19.3 Å². The number of ether oxygens (including phenoxy) is 2. The minimum Gasteiger partial charge on any atom is -0.394 e. The maximum atomic E-state index is 15.2. The average Bonchev–Trinajstić information content (AvgIpc) is 3.30. The Bertz CT molecular complexity index is 1270. The highest BCUT2D eigenvalue weighted by Gasteiger charge is 2.36. The Morgan fingerprint density at radius 3 is 2.32 bits per heavy atom. The molecule has 0 spiro atoms. The number of nitrogens with zero attached hydrogens (tertiary/aromatic N) is 3. The van der Waals surface area contributed by atoms with Gasteiger partial charge < -0.3 is 39.6 Å². The fourth-order valence-corrected chi connectivity index (χ4v) is 6.17. The summed E-state index contributed by atoms with van der Waals surface area (Å²) in [5, 5.41) is 15.1. The van der Waals surface area contributed by atoms with Gasteiger partial charge in [0.25, 0.3) is 5.91 Å². The summed E-state index contributed by atoms with van der Waals surface area (Å²) in [6, 6.07) is 4.13. The molecule has 1 aromatic heterocycles. The number of amides is 3. The molecule has 1 aliphatic heterocycles. The lowest BCUT2D eigenvalue weighted by atomic mass is 9.83. The summed E-state index contributed by atoms with van der Waals surface area (Å²) in [6.45, 7) is 6.77. The molecule has 2 atom stereocenters. The number of rotatable bonds is 14. The number of likely N-dealkylation sites (N-methyl/N-ethyl adjacent to an activating group) is 1. The third-order valence-corrected chi connectivity index (χ3v) is 8.95. The molecule has 244 valence electrons. The monoisotopic (exact) mass is 617 g/mol. The molecule has 2 fully saturated rings. The number of hydrogen-bond acceptors (Lipinski definition) is 7. The Hall–Kier alpha value is -3.06. The molecule has 1 aliphatic carbocycles. The van der Waals surface area contributed by atoms with E-state index in [0.29, 0.717) is 74.7 Å². The number of benzene rings is 1. The quantitative estimate of drug-likeness (QED) is 0.277. The average molecular weight is 618 g/mol. The Kier molecular flexibility index (Phi) is 12.5. The number of hydrogen-bond donors (Lipinski definition) is 3. The van der Waals surface area contributed by atoms with Crippen LogP contribution in [-0.2, 0) is 25.6 Å². The first-order valence-corrected chi connectivity index (χ1v) is 15.9. The summed E-state index contributed by atoms with van der Waals surface area (Å²) in [6.07, 6.45) is 5.08. The lowest BCUT2D eigenvalue weighted by Gasteiger charge is -2.39. The number of fused-ring (bicyclic) bond motifs is 1. The topological polar surface area (TPSA) is 125 Å². The van der Waals surface area contributed by atoms with Crippen LogP contribution in [0.3, 0.4) is 0 Å². The number of nitrogens with one attached hydrogen (secondary N) is 2. The van der Waals surface area contributed by atoms with E-state index in [1.807, 2.05) is 4.57 Å². The van der Waals surface area contributed by atoms with Crippen molar-refractivity contribution in [2.75, 3.05) is 66.3 Å². The largest absolute Gasteiger partial charge is 0.394 e. The second-order valence-electron chi connectivity index (χ2n) is 11.7. The van der Waals surface area contributed by atoms with E-state index in [4.69, 9.17) is 14.6 Å². The molecule has 2 aromatic rings. The van der Waals surface area contributed by atoms with Gasteiger partial charge in [0.15, 0.2) is 5.82 Å². The van der Waals surface area contributed by atoms with Crippen molar-refractivity contribution in [1.29, 1.82) is 0 Å². The predicted octanol–water partition coefficient (Wildman–Crippen LogP) is 2.07. The van der Waals surface area contributed by atoms with Crippen LogP contribution in [0.25, 0.3) is 10.9 Å². The molecule has 1 saturated carbocycles. The fourth-order valence-electron chi connectivity index (χ4n) is 6.17. The highest BCUT2D eigenvalue weighted by molar-refractivity contribution is 5.99. The predicted molar refractivity (Wildman–Crippen MR) is 165 cm³/mol. The van der Waals surface area contributed by atoms with Gasteiger partial charge in [0.1, 0.15) is 6.04 Å². The van der Waals surface area contributed by atoms with Crippen LogP contribution in [-0.4, -0.2) is 116 Å². The Morgan fingerprint density at radius 2 is 1.66 bits per heavy atom. The normalized spacial score (nSPS) is 17.6. The van der Waals surface area contributed by atoms with Gasteiger partial charge in [0.2, 0.25) is 11.8 Å². The van der Waals surface area contributed by atoms with Gasteiger partial charge in [-0.2, -0.15) is 0 Å². The van der Waals surface area contributed by atoms with Crippen LogP contribution in [0.4, 0.5) is 4.39 Å². The van der Waals surface area contributed by atoms with E-state index in [1.54, 1.807) is 48.9 Å². The number of aromatic nitrogens is 1. The van der Waals surface area contributed by atoms with Crippen LogP contribution in [0.5, 0.6) is 0 Å². The molecule has 2 heterocycles. The fraction of sp³-hybridized carbons (Fsp3) is 0.656. The SMILES string of the molecule is CN[C@@H](C)C(=O)N[C@H](C(=O)N1CCN(C(=O)c2ccc3c(c2)c(F)c(C)n3CCOCCOCCO)CC1)C1CCCCC1. The maximum Gasteiger partial charge on any atom is 0.253 e. The number of carbonyl (C=O) groups is 3. The Balaban J connectivity index is 1.37. The lowest BCUT2D eigenvalue weighted by Crippen LogP contribution is -2.59. The zero-order chi connectivity index (χ0) is 31.6. The van der Waals surface area contributed by atoms with E-state index in [0.717, 1.165) is 32.1 Å². The van der Waals surface area contributed by atoms with Crippen LogP contribution >= 0.6 is 0 Å². The molecule has 0 unspecified atom stereocenters. The Labute approximate surface area is 259 Å². The van der Waals surface area contributed by atoms with E-state index >= 15 is 4.39 Å². The van der Waals surface area contributed by atoms with Crippen molar-refractivity contribution >= 4 is 28.6 Å². The van der Waals surface area contributed by atoms with Crippen LogP contribution in [0, 0.1) is 18.7 Å². The third-order valence-electron chi connectivity index (χ3n) is 8.95. The maximum absolute atomic E-state index is 15.2. The van der Waals surface area contributed by atoms with Crippen LogP contribution in [0.15, 0.2) is 18.2 Å². The molecule has 3 N–H and O–H groups in total. The molecule has 4 rings (SSSR count).